The topological polar surface area (TPSA) is 69.6 Å². The second-order valence-corrected chi connectivity index (χ2v) is 5.59. The molecular weight excluding hydrogens is 232 g/mol. The Morgan fingerprint density at radius 2 is 1.89 bits per heavy atom. The maximum Gasteiger partial charge on any atom is 0.329 e. The molecule has 0 atom stereocenters. The van der Waals surface area contributed by atoms with Crippen molar-refractivity contribution in [3.8, 4) is 0 Å². The summed E-state index contributed by atoms with van der Waals surface area (Å²) in [6, 6.07) is -0.261. The molecule has 1 fully saturated rings. The van der Waals surface area contributed by atoms with Gasteiger partial charge in [-0.2, -0.15) is 0 Å². The number of urea groups is 1. The number of nitrogens with zero attached hydrogens (tertiary/aromatic N) is 1. The van der Waals surface area contributed by atoms with Crippen molar-refractivity contribution in [1.29, 1.82) is 0 Å². The first-order chi connectivity index (χ1) is 8.29. The Bertz CT molecular complexity index is 335. The van der Waals surface area contributed by atoms with E-state index in [0.29, 0.717) is 19.4 Å². The van der Waals surface area contributed by atoms with Crippen LogP contribution in [0.5, 0.6) is 0 Å². The van der Waals surface area contributed by atoms with Crippen molar-refractivity contribution in [3.63, 3.8) is 0 Å². The second-order valence-electron chi connectivity index (χ2n) is 5.59. The first kappa shape index (κ1) is 14.8. The van der Waals surface area contributed by atoms with E-state index in [4.69, 9.17) is 0 Å². The summed E-state index contributed by atoms with van der Waals surface area (Å²) in [4.78, 5) is 25.4. The molecule has 0 aromatic heterocycles. The van der Waals surface area contributed by atoms with E-state index in [1.165, 1.54) is 0 Å². The average molecular weight is 256 g/mol. The van der Waals surface area contributed by atoms with Gasteiger partial charge in [0, 0.05) is 12.1 Å². The van der Waals surface area contributed by atoms with Crippen molar-refractivity contribution in [3.05, 3.63) is 0 Å². The lowest BCUT2D eigenvalue weighted by molar-refractivity contribution is -0.144. The van der Waals surface area contributed by atoms with Crippen LogP contribution >= 0.6 is 0 Å². The molecule has 0 radical (unpaired) electrons. The van der Waals surface area contributed by atoms with Gasteiger partial charge in [0.25, 0.3) is 0 Å². The summed E-state index contributed by atoms with van der Waals surface area (Å²) in [5, 5.41) is 12.0. The highest BCUT2D eigenvalue weighted by Gasteiger charge is 2.41. The summed E-state index contributed by atoms with van der Waals surface area (Å²) in [6.07, 6.45) is 2.70. The molecule has 1 aliphatic heterocycles. The number of amides is 2. The van der Waals surface area contributed by atoms with Crippen LogP contribution in [0, 0.1) is 0 Å². The van der Waals surface area contributed by atoms with Gasteiger partial charge in [0.1, 0.15) is 5.54 Å². The number of likely N-dealkylation sites (tertiary alicyclic amines) is 1. The Hall–Kier alpha value is -1.26. The standard InChI is InChI=1S/C13H24N2O3/c1-5-13(6-2,10(16)17)14-11(18)15-9-7-8-12(15,3)4/h5-9H2,1-4H3,(H,14,18)(H,16,17). The number of carbonyl (C=O) groups excluding carboxylic acids is 1. The third-order valence-electron chi connectivity index (χ3n) is 4.11. The van der Waals surface area contributed by atoms with E-state index < -0.39 is 11.5 Å². The lowest BCUT2D eigenvalue weighted by atomic mass is 9.93. The summed E-state index contributed by atoms with van der Waals surface area (Å²) < 4.78 is 0. The summed E-state index contributed by atoms with van der Waals surface area (Å²) in [5.74, 6) is -0.960. The first-order valence-electron chi connectivity index (χ1n) is 6.62. The minimum atomic E-state index is -1.14. The van der Waals surface area contributed by atoms with Crippen LogP contribution in [-0.2, 0) is 4.79 Å². The number of carboxylic acid groups (broad SMARTS) is 1. The van der Waals surface area contributed by atoms with E-state index in [-0.39, 0.29) is 11.6 Å². The molecule has 1 aliphatic rings. The van der Waals surface area contributed by atoms with Gasteiger partial charge in [-0.1, -0.05) is 13.8 Å². The average Bonchev–Trinajstić information content (AvgIpc) is 2.65. The van der Waals surface area contributed by atoms with Crippen molar-refractivity contribution in [2.45, 2.75) is 64.5 Å². The Kier molecular flexibility index (Phi) is 4.24. The third-order valence-corrected chi connectivity index (χ3v) is 4.11. The van der Waals surface area contributed by atoms with E-state index in [0.717, 1.165) is 12.8 Å². The van der Waals surface area contributed by atoms with Crippen LogP contribution in [0.15, 0.2) is 0 Å². The molecule has 104 valence electrons. The highest BCUT2D eigenvalue weighted by Crippen LogP contribution is 2.29. The summed E-state index contributed by atoms with van der Waals surface area (Å²) in [5.41, 5.74) is -1.33. The zero-order chi connectivity index (χ0) is 14.0. The number of hydrogen-bond acceptors (Lipinski definition) is 2. The predicted octanol–water partition coefficient (Wildman–Crippen LogP) is 2.21. The van der Waals surface area contributed by atoms with Crippen molar-refractivity contribution in [2.24, 2.45) is 0 Å². The molecule has 2 amide bonds. The fourth-order valence-electron chi connectivity index (χ4n) is 2.54. The molecule has 0 bridgehead atoms. The maximum atomic E-state index is 12.3. The van der Waals surface area contributed by atoms with Gasteiger partial charge >= 0.3 is 12.0 Å². The van der Waals surface area contributed by atoms with Crippen LogP contribution in [0.25, 0.3) is 0 Å². The van der Waals surface area contributed by atoms with Crippen molar-refractivity contribution >= 4 is 12.0 Å². The molecule has 0 aliphatic carbocycles. The van der Waals surface area contributed by atoms with Gasteiger partial charge in [-0.3, -0.25) is 0 Å². The van der Waals surface area contributed by atoms with E-state index in [1.54, 1.807) is 18.7 Å². The molecular formula is C13H24N2O3. The van der Waals surface area contributed by atoms with Crippen LogP contribution in [0.3, 0.4) is 0 Å². The number of carbonyl (C=O) groups is 2. The van der Waals surface area contributed by atoms with Crippen LogP contribution in [-0.4, -0.2) is 39.6 Å². The largest absolute Gasteiger partial charge is 0.480 e. The smallest absolute Gasteiger partial charge is 0.329 e. The van der Waals surface area contributed by atoms with Gasteiger partial charge < -0.3 is 15.3 Å². The summed E-state index contributed by atoms with van der Waals surface area (Å²) in [7, 11) is 0. The lowest BCUT2D eigenvalue weighted by Gasteiger charge is -2.36. The minimum Gasteiger partial charge on any atom is -0.480 e. The van der Waals surface area contributed by atoms with Gasteiger partial charge in [0.05, 0.1) is 0 Å². The highest BCUT2D eigenvalue weighted by atomic mass is 16.4. The van der Waals surface area contributed by atoms with E-state index in [2.05, 4.69) is 5.32 Å². The van der Waals surface area contributed by atoms with E-state index in [1.807, 2.05) is 13.8 Å². The zero-order valence-electron chi connectivity index (χ0n) is 11.7. The minimum absolute atomic E-state index is 0.185. The number of aliphatic carboxylic acids is 1. The van der Waals surface area contributed by atoms with Crippen LogP contribution in [0.1, 0.15) is 53.4 Å². The van der Waals surface area contributed by atoms with E-state index in [9.17, 15) is 14.7 Å². The SMILES string of the molecule is CCC(CC)(NC(=O)N1CCCC1(C)C)C(=O)O. The number of rotatable bonds is 4. The number of nitrogens with one attached hydrogen (secondary N) is 1. The Morgan fingerprint density at radius 3 is 2.22 bits per heavy atom. The normalized spacial score (nSPS) is 18.8. The fourth-order valence-corrected chi connectivity index (χ4v) is 2.54. The molecule has 1 saturated heterocycles. The molecule has 1 rings (SSSR count). The molecule has 1 heterocycles. The number of hydrogen-bond donors (Lipinski definition) is 2. The molecule has 0 saturated carbocycles. The molecule has 0 aromatic carbocycles. The Labute approximate surface area is 109 Å². The monoisotopic (exact) mass is 256 g/mol. The van der Waals surface area contributed by atoms with Crippen molar-refractivity contribution in [1.82, 2.24) is 10.2 Å². The summed E-state index contributed by atoms with van der Waals surface area (Å²) in [6.45, 7) is 8.29. The van der Waals surface area contributed by atoms with Gasteiger partial charge in [-0.25, -0.2) is 9.59 Å². The quantitative estimate of drug-likeness (QED) is 0.810. The van der Waals surface area contributed by atoms with E-state index >= 15 is 0 Å². The Morgan fingerprint density at radius 1 is 1.33 bits per heavy atom. The fraction of sp³-hybridized carbons (Fsp3) is 0.846. The Balaban J connectivity index is 2.83. The van der Waals surface area contributed by atoms with Crippen molar-refractivity contribution in [2.75, 3.05) is 6.54 Å². The molecule has 2 N–H and O–H groups in total. The van der Waals surface area contributed by atoms with Crippen LogP contribution < -0.4 is 5.32 Å². The maximum absolute atomic E-state index is 12.3. The predicted molar refractivity (Wildman–Crippen MR) is 69.5 cm³/mol. The molecule has 0 spiro atoms. The number of carboxylic acids is 1. The molecule has 18 heavy (non-hydrogen) atoms. The second kappa shape index (κ2) is 5.16. The highest BCUT2D eigenvalue weighted by molar-refractivity contribution is 5.86. The van der Waals surface area contributed by atoms with Gasteiger partial charge in [0.2, 0.25) is 0 Å². The summed E-state index contributed by atoms with van der Waals surface area (Å²) >= 11 is 0. The van der Waals surface area contributed by atoms with Crippen LogP contribution in [0.4, 0.5) is 4.79 Å². The van der Waals surface area contributed by atoms with Gasteiger partial charge in [0.15, 0.2) is 0 Å². The lowest BCUT2D eigenvalue weighted by Crippen LogP contribution is -2.59. The molecule has 0 aromatic rings. The van der Waals surface area contributed by atoms with Crippen molar-refractivity contribution < 1.29 is 14.7 Å². The van der Waals surface area contributed by atoms with Crippen LogP contribution in [0.2, 0.25) is 0 Å². The molecule has 5 heteroatoms. The molecule has 0 unspecified atom stereocenters. The third kappa shape index (κ3) is 2.60. The van der Waals surface area contributed by atoms with Gasteiger partial charge in [-0.05, 0) is 39.5 Å². The first-order valence-corrected chi connectivity index (χ1v) is 6.62. The zero-order valence-corrected chi connectivity index (χ0v) is 11.7. The molecule has 5 nitrogen and oxygen atoms in total. The van der Waals surface area contributed by atoms with Gasteiger partial charge in [-0.15, -0.1) is 0 Å².